The van der Waals surface area contributed by atoms with Crippen LogP contribution in [0.4, 0.5) is 8.78 Å². The molecule has 0 aromatic heterocycles. The smallest absolute Gasteiger partial charge is 0.190 e. The SMILES string of the molecule is CC(C)(C)CC(C)(C)NCC(O)COc1c(F)cc(Br)cc1F.[Cl-]. The zero-order chi connectivity index (χ0) is 17.8. The fourth-order valence-electron chi connectivity index (χ4n) is 2.69. The third kappa shape index (κ3) is 8.60. The maximum absolute atomic E-state index is 13.6. The molecule has 1 unspecified atom stereocenters. The molecular weight excluding hydrogens is 404 g/mol. The van der Waals surface area contributed by atoms with Crippen molar-refractivity contribution in [1.82, 2.24) is 5.32 Å². The van der Waals surface area contributed by atoms with Crippen molar-refractivity contribution in [2.24, 2.45) is 5.41 Å². The molecule has 0 amide bonds. The largest absolute Gasteiger partial charge is 1.00 e. The first kappa shape index (κ1) is 23.6. The van der Waals surface area contributed by atoms with Gasteiger partial charge in [-0.25, -0.2) is 8.78 Å². The molecule has 1 rings (SSSR count). The molecule has 140 valence electrons. The van der Waals surface area contributed by atoms with Crippen LogP contribution in [0.1, 0.15) is 41.0 Å². The molecule has 24 heavy (non-hydrogen) atoms. The van der Waals surface area contributed by atoms with Crippen LogP contribution in [0.5, 0.6) is 5.75 Å². The molecule has 7 heteroatoms. The molecule has 0 aliphatic heterocycles. The lowest BCUT2D eigenvalue weighted by Crippen LogP contribution is -3.00. The van der Waals surface area contributed by atoms with E-state index in [0.29, 0.717) is 4.47 Å². The lowest BCUT2D eigenvalue weighted by atomic mass is 9.82. The number of aliphatic hydroxyl groups excluding tert-OH is 1. The van der Waals surface area contributed by atoms with E-state index in [0.717, 1.165) is 18.6 Å². The summed E-state index contributed by atoms with van der Waals surface area (Å²) in [4.78, 5) is 0. The Bertz CT molecular complexity index is 513. The Kier molecular flexibility index (Phi) is 9.15. The van der Waals surface area contributed by atoms with Gasteiger partial charge in [-0.2, -0.15) is 0 Å². The number of rotatable bonds is 7. The molecule has 1 aromatic rings. The lowest BCUT2D eigenvalue weighted by molar-refractivity contribution is -0.00000928. The zero-order valence-electron chi connectivity index (χ0n) is 14.7. The van der Waals surface area contributed by atoms with Gasteiger partial charge in [0.25, 0.3) is 0 Å². The Hall–Kier alpha value is -0.430. The second-order valence-electron chi connectivity index (χ2n) is 7.67. The van der Waals surface area contributed by atoms with E-state index >= 15 is 0 Å². The second kappa shape index (κ2) is 9.32. The Morgan fingerprint density at radius 3 is 2.12 bits per heavy atom. The van der Waals surface area contributed by atoms with Crippen LogP contribution in [-0.4, -0.2) is 29.9 Å². The second-order valence-corrected chi connectivity index (χ2v) is 8.58. The van der Waals surface area contributed by atoms with Crippen molar-refractivity contribution >= 4 is 15.9 Å². The van der Waals surface area contributed by atoms with Crippen molar-refractivity contribution < 1.29 is 31.0 Å². The fraction of sp³-hybridized carbons (Fsp3) is 0.647. The van der Waals surface area contributed by atoms with Gasteiger partial charge in [0.15, 0.2) is 17.4 Å². The Balaban J connectivity index is 0.00000529. The summed E-state index contributed by atoms with van der Waals surface area (Å²) >= 11 is 3.00. The quantitative estimate of drug-likeness (QED) is 0.686. The first-order valence-electron chi connectivity index (χ1n) is 7.60. The van der Waals surface area contributed by atoms with Crippen LogP contribution in [0, 0.1) is 17.0 Å². The highest BCUT2D eigenvalue weighted by Gasteiger charge is 2.25. The van der Waals surface area contributed by atoms with Gasteiger partial charge in [-0.3, -0.25) is 0 Å². The number of β-amino-alcohol motifs (C(OH)–C–C–N with tert-alkyl or cyclic N) is 1. The van der Waals surface area contributed by atoms with Crippen LogP contribution in [0.3, 0.4) is 0 Å². The number of hydrogen-bond donors (Lipinski definition) is 2. The molecule has 3 nitrogen and oxygen atoms in total. The van der Waals surface area contributed by atoms with E-state index in [-0.39, 0.29) is 36.5 Å². The highest BCUT2D eigenvalue weighted by molar-refractivity contribution is 9.10. The number of nitrogens with one attached hydrogen (secondary N) is 1. The van der Waals surface area contributed by atoms with Gasteiger partial charge in [-0.1, -0.05) is 36.7 Å². The van der Waals surface area contributed by atoms with Gasteiger partial charge in [0.05, 0.1) is 0 Å². The molecule has 0 aliphatic rings. The molecule has 0 radical (unpaired) electrons. The normalized spacial score (nSPS) is 13.4. The van der Waals surface area contributed by atoms with Gasteiger partial charge in [-0.05, 0) is 37.8 Å². The predicted molar refractivity (Wildman–Crippen MR) is 91.7 cm³/mol. The summed E-state index contributed by atoms with van der Waals surface area (Å²) in [5, 5.41) is 13.2. The molecule has 0 aliphatic carbocycles. The summed E-state index contributed by atoms with van der Waals surface area (Å²) in [6.07, 6.45) is 0.0560. The summed E-state index contributed by atoms with van der Waals surface area (Å²) in [7, 11) is 0. The van der Waals surface area contributed by atoms with Crippen LogP contribution in [0.15, 0.2) is 16.6 Å². The molecule has 0 saturated carbocycles. The highest BCUT2D eigenvalue weighted by atomic mass is 79.9. The maximum Gasteiger partial charge on any atom is 0.190 e. The van der Waals surface area contributed by atoms with Gasteiger partial charge in [0.1, 0.15) is 12.7 Å². The first-order valence-corrected chi connectivity index (χ1v) is 8.39. The van der Waals surface area contributed by atoms with Crippen LogP contribution in [0.25, 0.3) is 0 Å². The van der Waals surface area contributed by atoms with E-state index in [1.165, 1.54) is 0 Å². The summed E-state index contributed by atoms with van der Waals surface area (Å²) < 4.78 is 32.6. The summed E-state index contributed by atoms with van der Waals surface area (Å²) in [6.45, 7) is 10.6. The van der Waals surface area contributed by atoms with Gasteiger partial charge >= 0.3 is 0 Å². The number of halogens is 4. The average Bonchev–Trinajstić information content (AvgIpc) is 2.32. The molecule has 2 N–H and O–H groups in total. The van der Waals surface area contributed by atoms with E-state index in [1.807, 2.05) is 0 Å². The molecule has 1 atom stereocenters. The van der Waals surface area contributed by atoms with Crippen LogP contribution < -0.4 is 22.5 Å². The number of benzene rings is 1. The monoisotopic (exact) mass is 428 g/mol. The van der Waals surface area contributed by atoms with Crippen LogP contribution >= 0.6 is 15.9 Å². The zero-order valence-corrected chi connectivity index (χ0v) is 17.1. The van der Waals surface area contributed by atoms with Crippen LogP contribution in [0.2, 0.25) is 0 Å². The third-order valence-electron chi connectivity index (χ3n) is 3.17. The number of aliphatic hydroxyl groups is 1. The van der Waals surface area contributed by atoms with Gasteiger partial charge in [0, 0.05) is 16.6 Å². The van der Waals surface area contributed by atoms with E-state index in [1.54, 1.807) is 0 Å². The summed E-state index contributed by atoms with van der Waals surface area (Å²) in [5.41, 5.74) is -0.00498. The van der Waals surface area contributed by atoms with E-state index in [9.17, 15) is 13.9 Å². The standard InChI is InChI=1S/C17H26BrF2NO2.ClH/c1-16(2,3)10-17(4,5)21-8-12(22)9-23-15-13(19)6-11(18)7-14(15)20;/h6-7,12,21-22H,8-10H2,1-5H3;1H/p-1. The van der Waals surface area contributed by atoms with Crippen molar-refractivity contribution in [3.63, 3.8) is 0 Å². The number of hydrogen-bond acceptors (Lipinski definition) is 3. The molecule has 0 saturated heterocycles. The fourth-order valence-corrected chi connectivity index (χ4v) is 3.09. The highest BCUT2D eigenvalue weighted by Crippen LogP contribution is 2.27. The maximum atomic E-state index is 13.6. The minimum Gasteiger partial charge on any atom is -1.00 e. The minimum atomic E-state index is -0.864. The van der Waals surface area contributed by atoms with Crippen molar-refractivity contribution in [3.05, 3.63) is 28.2 Å². The summed E-state index contributed by atoms with van der Waals surface area (Å²) in [6, 6.07) is 2.24. The average molecular weight is 430 g/mol. The van der Waals surface area contributed by atoms with Crippen molar-refractivity contribution in [1.29, 1.82) is 0 Å². The molecule has 0 heterocycles. The predicted octanol–water partition coefficient (Wildman–Crippen LogP) is 1.28. The Morgan fingerprint density at radius 2 is 1.67 bits per heavy atom. The van der Waals surface area contributed by atoms with E-state index in [2.05, 4.69) is 55.9 Å². The van der Waals surface area contributed by atoms with Crippen molar-refractivity contribution in [2.75, 3.05) is 13.2 Å². The van der Waals surface area contributed by atoms with Crippen LogP contribution in [-0.2, 0) is 0 Å². The number of ether oxygens (including phenoxy) is 1. The van der Waals surface area contributed by atoms with E-state index in [4.69, 9.17) is 4.74 Å². The Labute approximate surface area is 157 Å². The molecule has 0 bridgehead atoms. The molecule has 1 aromatic carbocycles. The minimum absolute atomic E-state index is 0. The summed E-state index contributed by atoms with van der Waals surface area (Å²) in [5.74, 6) is -2.07. The van der Waals surface area contributed by atoms with Crippen molar-refractivity contribution in [3.8, 4) is 5.75 Å². The van der Waals surface area contributed by atoms with Gasteiger partial charge in [0.2, 0.25) is 0 Å². The van der Waals surface area contributed by atoms with Gasteiger partial charge < -0.3 is 27.6 Å². The molecular formula is C17H26BrClF2NO2-. The Morgan fingerprint density at radius 1 is 1.17 bits per heavy atom. The van der Waals surface area contributed by atoms with E-state index < -0.39 is 23.5 Å². The molecule has 0 spiro atoms. The lowest BCUT2D eigenvalue weighted by Gasteiger charge is -2.34. The topological polar surface area (TPSA) is 41.5 Å². The van der Waals surface area contributed by atoms with Crippen molar-refractivity contribution in [2.45, 2.75) is 52.7 Å². The first-order chi connectivity index (χ1) is 10.4. The van der Waals surface area contributed by atoms with Gasteiger partial charge in [-0.15, -0.1) is 0 Å². The molecule has 0 fully saturated rings. The third-order valence-corrected chi connectivity index (χ3v) is 3.63.